The van der Waals surface area contributed by atoms with E-state index in [4.69, 9.17) is 4.98 Å². The van der Waals surface area contributed by atoms with Gasteiger partial charge in [-0.25, -0.2) is 9.78 Å². The topological polar surface area (TPSA) is 56.7 Å². The monoisotopic (exact) mass is 539 g/mol. The van der Waals surface area contributed by atoms with Crippen molar-refractivity contribution in [3.63, 3.8) is 0 Å². The number of fused-ring (bicyclic) bond motifs is 1. The van der Waals surface area contributed by atoms with Crippen molar-refractivity contribution < 1.29 is 36.2 Å². The maximum atomic E-state index is 13.3. The van der Waals surface area contributed by atoms with Crippen molar-refractivity contribution >= 4 is 22.8 Å². The number of rotatable bonds is 8. The second-order valence-corrected chi connectivity index (χ2v) is 9.55. The number of para-hydroxylation sites is 1. The summed E-state index contributed by atoms with van der Waals surface area (Å²) in [6.07, 6.45) is -8.22. The fraction of sp³-hybridized carbons (Fsp3) is 0.407. The Labute approximate surface area is 215 Å². The summed E-state index contributed by atoms with van der Waals surface area (Å²) in [4.78, 5) is 19.8. The Kier molecular flexibility index (Phi) is 7.75. The van der Waals surface area contributed by atoms with E-state index in [-0.39, 0.29) is 12.6 Å². The quantitative estimate of drug-likeness (QED) is 0.300. The number of hydrogen-bond acceptors (Lipinski definition) is 3. The van der Waals surface area contributed by atoms with Gasteiger partial charge in [0.05, 0.1) is 23.2 Å². The van der Waals surface area contributed by atoms with Gasteiger partial charge < -0.3 is 10.0 Å². The predicted octanol–water partition coefficient (Wildman–Crippen LogP) is 7.58. The van der Waals surface area contributed by atoms with Crippen LogP contribution >= 0.6 is 0 Å². The highest BCUT2D eigenvalue weighted by Crippen LogP contribution is 2.37. The Morgan fingerprint density at radius 3 is 2.13 bits per heavy atom. The molecule has 5 nitrogen and oxygen atoms in total. The Morgan fingerprint density at radius 2 is 1.61 bits per heavy atom. The summed E-state index contributed by atoms with van der Waals surface area (Å²) < 4.78 is 80.0. The van der Waals surface area contributed by atoms with Gasteiger partial charge in [-0.15, -0.1) is 0 Å². The van der Waals surface area contributed by atoms with Gasteiger partial charge in [0.15, 0.2) is 0 Å². The van der Waals surface area contributed by atoms with E-state index in [0.29, 0.717) is 41.5 Å². The highest BCUT2D eigenvalue weighted by atomic mass is 19.4. The molecule has 1 amide bonds. The molecule has 1 saturated carbocycles. The highest BCUT2D eigenvalue weighted by Gasteiger charge is 2.37. The third-order valence-electron chi connectivity index (χ3n) is 6.82. The molecule has 0 radical (unpaired) electrons. The van der Waals surface area contributed by atoms with Crippen molar-refractivity contribution in [1.82, 2.24) is 9.88 Å². The summed E-state index contributed by atoms with van der Waals surface area (Å²) in [5.74, 6) is 1.04. The number of carbonyl (C=O) groups is 1. The maximum Gasteiger partial charge on any atom is 0.416 e. The highest BCUT2D eigenvalue weighted by molar-refractivity contribution is 5.82. The molecule has 1 heterocycles. The van der Waals surface area contributed by atoms with Crippen LogP contribution in [0.1, 0.15) is 48.4 Å². The molecule has 204 valence electrons. The van der Waals surface area contributed by atoms with Crippen molar-refractivity contribution in [3.8, 4) is 0 Å². The normalized spacial score (nSPS) is 14.4. The van der Waals surface area contributed by atoms with E-state index in [0.717, 1.165) is 36.1 Å². The van der Waals surface area contributed by atoms with Crippen LogP contribution < -0.4 is 4.90 Å². The molecular weight excluding hydrogens is 512 g/mol. The smallest absolute Gasteiger partial charge is 0.416 e. The molecule has 1 N–H and O–H groups in total. The molecule has 1 aromatic heterocycles. The molecule has 0 aliphatic heterocycles. The molecule has 38 heavy (non-hydrogen) atoms. The number of halogens is 6. The van der Waals surface area contributed by atoms with Crippen LogP contribution in [0.4, 0.5) is 37.0 Å². The van der Waals surface area contributed by atoms with Gasteiger partial charge >= 0.3 is 18.4 Å². The summed E-state index contributed by atoms with van der Waals surface area (Å²) in [7, 11) is 0. The summed E-state index contributed by atoms with van der Waals surface area (Å²) in [5, 5.41) is 10.6. The SMILES string of the molecule is CCN(CC1CCC1)c1nc2ccccc2cc1CN(Cc1cc(C(F)(F)F)cc(C(F)(F)F)c1)C(=O)O. The van der Waals surface area contributed by atoms with Gasteiger partial charge in [0, 0.05) is 30.6 Å². The van der Waals surface area contributed by atoms with Crippen LogP contribution in [0.2, 0.25) is 0 Å². The lowest BCUT2D eigenvalue weighted by Crippen LogP contribution is -2.35. The molecule has 0 spiro atoms. The number of pyridine rings is 1. The first kappa shape index (κ1) is 27.5. The van der Waals surface area contributed by atoms with Crippen molar-refractivity contribution in [2.24, 2.45) is 5.92 Å². The predicted molar refractivity (Wildman–Crippen MR) is 131 cm³/mol. The molecule has 0 saturated heterocycles. The molecule has 0 atom stereocenters. The molecule has 1 aliphatic carbocycles. The summed E-state index contributed by atoms with van der Waals surface area (Å²) in [5.41, 5.74) is -2.16. The van der Waals surface area contributed by atoms with Crippen LogP contribution in [0.5, 0.6) is 0 Å². The Balaban J connectivity index is 1.72. The minimum absolute atomic E-state index is 0.0273. The molecule has 1 fully saturated rings. The molecule has 0 unspecified atom stereocenters. The lowest BCUT2D eigenvalue weighted by molar-refractivity contribution is -0.143. The molecule has 1 aliphatic rings. The fourth-order valence-electron chi connectivity index (χ4n) is 4.62. The number of hydrogen-bond donors (Lipinski definition) is 1. The van der Waals surface area contributed by atoms with Gasteiger partial charge in [-0.05, 0) is 61.6 Å². The van der Waals surface area contributed by atoms with Gasteiger partial charge in [-0.3, -0.25) is 4.90 Å². The summed E-state index contributed by atoms with van der Waals surface area (Å²) in [6, 6.07) is 10.2. The zero-order valence-corrected chi connectivity index (χ0v) is 20.6. The molecule has 11 heteroatoms. The lowest BCUT2D eigenvalue weighted by atomic mass is 9.85. The van der Waals surface area contributed by atoms with Crippen LogP contribution in [0.3, 0.4) is 0 Å². The average Bonchev–Trinajstić information content (AvgIpc) is 2.81. The fourth-order valence-corrected chi connectivity index (χ4v) is 4.62. The Morgan fingerprint density at radius 1 is 0.974 bits per heavy atom. The third-order valence-corrected chi connectivity index (χ3v) is 6.82. The number of amides is 1. The van der Waals surface area contributed by atoms with Crippen LogP contribution in [-0.2, 0) is 25.4 Å². The van der Waals surface area contributed by atoms with Crippen LogP contribution in [0.15, 0.2) is 48.5 Å². The largest absolute Gasteiger partial charge is 0.465 e. The van der Waals surface area contributed by atoms with Crippen LogP contribution in [-0.4, -0.2) is 34.2 Å². The van der Waals surface area contributed by atoms with Crippen molar-refractivity contribution in [2.75, 3.05) is 18.0 Å². The average molecular weight is 540 g/mol. The third kappa shape index (κ3) is 6.31. The van der Waals surface area contributed by atoms with Crippen LogP contribution in [0.25, 0.3) is 10.9 Å². The molecule has 4 rings (SSSR count). The van der Waals surface area contributed by atoms with Gasteiger partial charge in [0.1, 0.15) is 5.82 Å². The number of nitrogens with zero attached hydrogens (tertiary/aromatic N) is 3. The minimum Gasteiger partial charge on any atom is -0.465 e. The number of carboxylic acid groups (broad SMARTS) is 1. The van der Waals surface area contributed by atoms with Crippen LogP contribution in [0, 0.1) is 5.92 Å². The van der Waals surface area contributed by atoms with E-state index in [9.17, 15) is 36.2 Å². The Hall–Kier alpha value is -3.50. The first-order valence-electron chi connectivity index (χ1n) is 12.2. The lowest BCUT2D eigenvalue weighted by Gasteiger charge is -2.34. The van der Waals surface area contributed by atoms with Gasteiger partial charge in [-0.2, -0.15) is 26.3 Å². The van der Waals surface area contributed by atoms with E-state index >= 15 is 0 Å². The second kappa shape index (κ2) is 10.7. The molecular formula is C27H27F6N3O2. The van der Waals surface area contributed by atoms with E-state index < -0.39 is 41.7 Å². The van der Waals surface area contributed by atoms with Crippen molar-refractivity contribution in [2.45, 2.75) is 51.6 Å². The molecule has 3 aromatic rings. The van der Waals surface area contributed by atoms with Gasteiger partial charge in [0.25, 0.3) is 0 Å². The van der Waals surface area contributed by atoms with E-state index in [2.05, 4.69) is 4.90 Å². The summed E-state index contributed by atoms with van der Waals surface area (Å²) >= 11 is 0. The van der Waals surface area contributed by atoms with Crippen molar-refractivity contribution in [1.29, 1.82) is 0 Å². The number of benzene rings is 2. The van der Waals surface area contributed by atoms with Gasteiger partial charge in [0.2, 0.25) is 0 Å². The second-order valence-electron chi connectivity index (χ2n) is 9.55. The number of aromatic nitrogens is 1. The zero-order valence-electron chi connectivity index (χ0n) is 20.6. The van der Waals surface area contributed by atoms with Crippen molar-refractivity contribution in [3.05, 3.63) is 70.8 Å². The standard InChI is InChI=1S/C27H27F6N3O2/c1-2-35(14-17-6-5-7-17)24-20(12-19-8-3-4-9-23(19)34-24)16-36(25(37)38)15-18-10-21(26(28,29)30)13-22(11-18)27(31,32)33/h3-4,8-13,17H,2,5-7,14-16H2,1H3,(H,37,38). The molecule has 2 aromatic carbocycles. The van der Waals surface area contributed by atoms with E-state index in [1.807, 2.05) is 25.1 Å². The zero-order chi connectivity index (χ0) is 27.7. The minimum atomic E-state index is -5.03. The first-order valence-corrected chi connectivity index (χ1v) is 12.2. The number of alkyl halides is 6. The summed E-state index contributed by atoms with van der Waals surface area (Å²) in [6.45, 7) is 2.36. The van der Waals surface area contributed by atoms with E-state index in [1.54, 1.807) is 12.1 Å². The van der Waals surface area contributed by atoms with E-state index in [1.165, 1.54) is 0 Å². The first-order chi connectivity index (χ1) is 17.8. The maximum absolute atomic E-state index is 13.3. The Bertz CT molecular complexity index is 1270. The number of anilines is 1. The van der Waals surface area contributed by atoms with Gasteiger partial charge in [-0.1, -0.05) is 24.6 Å². The molecule has 0 bridgehead atoms.